The molecular formula is C12H21NO2. The third-order valence-electron chi connectivity index (χ3n) is 3.26. The Morgan fingerprint density at radius 2 is 1.53 bits per heavy atom. The predicted octanol–water partition coefficient (Wildman–Crippen LogP) is 1.85. The van der Waals surface area contributed by atoms with Crippen molar-refractivity contribution in [1.82, 2.24) is 0 Å². The summed E-state index contributed by atoms with van der Waals surface area (Å²) in [6, 6.07) is 0. The van der Waals surface area contributed by atoms with Crippen molar-refractivity contribution in [2.24, 2.45) is 17.6 Å². The highest BCUT2D eigenvalue weighted by Crippen LogP contribution is 2.51. The monoisotopic (exact) mass is 211 g/mol. The summed E-state index contributed by atoms with van der Waals surface area (Å²) in [6.07, 6.45) is 4.36. The van der Waals surface area contributed by atoms with Crippen LogP contribution in [0.25, 0.3) is 0 Å². The maximum absolute atomic E-state index is 12.1. The minimum Gasteiger partial charge on any atom is -0.459 e. The fourth-order valence-corrected chi connectivity index (χ4v) is 2.16. The Labute approximate surface area is 91.4 Å². The van der Waals surface area contributed by atoms with Gasteiger partial charge in [-0.2, -0.15) is 0 Å². The second-order valence-corrected chi connectivity index (χ2v) is 5.98. The van der Waals surface area contributed by atoms with E-state index in [4.69, 9.17) is 10.5 Å². The van der Waals surface area contributed by atoms with E-state index in [0.29, 0.717) is 11.8 Å². The summed E-state index contributed by atoms with van der Waals surface area (Å²) in [5.74, 6) is 0.569. The highest BCUT2D eigenvalue weighted by atomic mass is 16.6. The average Bonchev–Trinajstić information content (AvgIpc) is 2.92. The molecule has 3 heteroatoms. The molecule has 2 aliphatic rings. The van der Waals surface area contributed by atoms with Crippen LogP contribution < -0.4 is 5.73 Å². The number of carbonyl (C=O) groups is 1. The van der Waals surface area contributed by atoms with Gasteiger partial charge < -0.3 is 10.5 Å². The van der Waals surface area contributed by atoms with Gasteiger partial charge in [-0.15, -0.1) is 0 Å². The first kappa shape index (κ1) is 10.9. The summed E-state index contributed by atoms with van der Waals surface area (Å²) in [5, 5.41) is 0. The molecule has 2 N–H and O–H groups in total. The smallest absolute Gasteiger partial charge is 0.327 e. The zero-order valence-corrected chi connectivity index (χ0v) is 9.88. The van der Waals surface area contributed by atoms with Gasteiger partial charge >= 0.3 is 5.97 Å². The number of hydrogen-bond donors (Lipinski definition) is 1. The molecule has 0 aromatic carbocycles. The number of rotatable bonds is 3. The van der Waals surface area contributed by atoms with E-state index in [1.165, 1.54) is 0 Å². The van der Waals surface area contributed by atoms with Crippen molar-refractivity contribution < 1.29 is 9.53 Å². The van der Waals surface area contributed by atoms with Gasteiger partial charge in [-0.3, -0.25) is 4.79 Å². The highest BCUT2D eigenvalue weighted by molar-refractivity contribution is 5.83. The van der Waals surface area contributed by atoms with Crippen LogP contribution in [0, 0.1) is 11.8 Å². The SMILES string of the molecule is CC(C)(C)OC(=O)C(N)(C1CC1)C1CC1. The Kier molecular flexibility index (Phi) is 2.34. The summed E-state index contributed by atoms with van der Waals surface area (Å²) in [6.45, 7) is 5.68. The van der Waals surface area contributed by atoms with E-state index in [9.17, 15) is 4.79 Å². The van der Waals surface area contributed by atoms with Crippen molar-refractivity contribution in [3.63, 3.8) is 0 Å². The average molecular weight is 211 g/mol. The fraction of sp³-hybridized carbons (Fsp3) is 0.917. The maximum Gasteiger partial charge on any atom is 0.327 e. The zero-order valence-electron chi connectivity index (χ0n) is 9.88. The van der Waals surface area contributed by atoms with Crippen molar-refractivity contribution in [2.75, 3.05) is 0 Å². The number of hydrogen-bond acceptors (Lipinski definition) is 3. The highest BCUT2D eigenvalue weighted by Gasteiger charge is 2.58. The molecule has 86 valence electrons. The van der Waals surface area contributed by atoms with Crippen LogP contribution in [0.1, 0.15) is 46.5 Å². The quantitative estimate of drug-likeness (QED) is 0.725. The van der Waals surface area contributed by atoms with Gasteiger partial charge in [0, 0.05) is 0 Å². The van der Waals surface area contributed by atoms with Crippen LogP contribution in [0.4, 0.5) is 0 Å². The van der Waals surface area contributed by atoms with E-state index in [2.05, 4.69) is 0 Å². The lowest BCUT2D eigenvalue weighted by molar-refractivity contribution is -0.163. The number of ether oxygens (including phenoxy) is 1. The minimum absolute atomic E-state index is 0.181. The molecule has 0 radical (unpaired) electrons. The summed E-state index contributed by atoms with van der Waals surface area (Å²) < 4.78 is 5.44. The molecule has 2 fully saturated rings. The van der Waals surface area contributed by atoms with E-state index in [-0.39, 0.29) is 5.97 Å². The molecule has 2 rings (SSSR count). The number of nitrogens with two attached hydrogens (primary N) is 1. The Morgan fingerprint density at radius 3 is 1.80 bits per heavy atom. The van der Waals surface area contributed by atoms with Crippen molar-refractivity contribution >= 4 is 5.97 Å². The molecule has 0 bridgehead atoms. The third kappa shape index (κ3) is 2.17. The van der Waals surface area contributed by atoms with E-state index in [1.807, 2.05) is 20.8 Å². The summed E-state index contributed by atoms with van der Waals surface area (Å²) in [7, 11) is 0. The van der Waals surface area contributed by atoms with Gasteiger partial charge in [-0.25, -0.2) is 0 Å². The predicted molar refractivity (Wildman–Crippen MR) is 58.2 cm³/mol. The first-order valence-corrected chi connectivity index (χ1v) is 5.86. The van der Waals surface area contributed by atoms with Crippen LogP contribution in [0.3, 0.4) is 0 Å². The molecule has 2 saturated carbocycles. The second-order valence-electron chi connectivity index (χ2n) is 5.98. The van der Waals surface area contributed by atoms with Crippen molar-refractivity contribution in [3.05, 3.63) is 0 Å². The minimum atomic E-state index is -0.673. The van der Waals surface area contributed by atoms with Gasteiger partial charge in [-0.1, -0.05) is 0 Å². The molecule has 0 heterocycles. The van der Waals surface area contributed by atoms with E-state index in [0.717, 1.165) is 25.7 Å². The summed E-state index contributed by atoms with van der Waals surface area (Å²) in [5.41, 5.74) is 5.19. The topological polar surface area (TPSA) is 52.3 Å². The molecule has 0 spiro atoms. The van der Waals surface area contributed by atoms with Crippen molar-refractivity contribution in [1.29, 1.82) is 0 Å². The molecule has 0 aromatic rings. The Bertz CT molecular complexity index is 260. The van der Waals surface area contributed by atoms with Crippen LogP contribution in [0.2, 0.25) is 0 Å². The molecule has 15 heavy (non-hydrogen) atoms. The van der Waals surface area contributed by atoms with Crippen LogP contribution in [-0.2, 0) is 9.53 Å². The molecule has 0 amide bonds. The Morgan fingerprint density at radius 1 is 1.13 bits per heavy atom. The van der Waals surface area contributed by atoms with E-state index < -0.39 is 11.1 Å². The maximum atomic E-state index is 12.1. The molecular weight excluding hydrogens is 190 g/mol. The van der Waals surface area contributed by atoms with Crippen molar-refractivity contribution in [3.8, 4) is 0 Å². The molecule has 0 aliphatic heterocycles. The van der Waals surface area contributed by atoms with Gasteiger partial charge in [0.05, 0.1) is 0 Å². The fourth-order valence-electron chi connectivity index (χ4n) is 2.16. The first-order chi connectivity index (χ1) is 6.84. The van der Waals surface area contributed by atoms with Crippen molar-refractivity contribution in [2.45, 2.75) is 57.6 Å². The third-order valence-corrected chi connectivity index (χ3v) is 3.26. The molecule has 0 atom stereocenters. The summed E-state index contributed by atoms with van der Waals surface area (Å²) in [4.78, 5) is 12.1. The Hall–Kier alpha value is -0.570. The van der Waals surface area contributed by atoms with E-state index >= 15 is 0 Å². The normalized spacial score (nSPS) is 22.7. The standard InChI is InChI=1S/C12H21NO2/c1-11(2,3)15-10(14)12(13,8-4-5-8)9-6-7-9/h8-9H,4-7,13H2,1-3H3. The van der Waals surface area contributed by atoms with Crippen LogP contribution in [0.15, 0.2) is 0 Å². The van der Waals surface area contributed by atoms with Gasteiger partial charge in [-0.05, 0) is 58.3 Å². The number of carbonyl (C=O) groups excluding carboxylic acids is 1. The molecule has 0 aromatic heterocycles. The second kappa shape index (κ2) is 3.21. The lowest BCUT2D eigenvalue weighted by Crippen LogP contribution is -2.54. The molecule has 3 nitrogen and oxygen atoms in total. The van der Waals surface area contributed by atoms with Crippen LogP contribution >= 0.6 is 0 Å². The zero-order chi connectivity index (χ0) is 11.3. The number of esters is 1. The van der Waals surface area contributed by atoms with Gasteiger partial charge in [0.2, 0.25) is 0 Å². The van der Waals surface area contributed by atoms with Crippen LogP contribution in [-0.4, -0.2) is 17.1 Å². The largest absolute Gasteiger partial charge is 0.459 e. The van der Waals surface area contributed by atoms with Gasteiger partial charge in [0.25, 0.3) is 0 Å². The van der Waals surface area contributed by atoms with E-state index in [1.54, 1.807) is 0 Å². The first-order valence-electron chi connectivity index (χ1n) is 5.86. The molecule has 2 aliphatic carbocycles. The Balaban J connectivity index is 2.07. The van der Waals surface area contributed by atoms with Gasteiger partial charge in [0.15, 0.2) is 0 Å². The summed E-state index contributed by atoms with van der Waals surface area (Å²) >= 11 is 0. The molecule has 0 saturated heterocycles. The van der Waals surface area contributed by atoms with Gasteiger partial charge in [0.1, 0.15) is 11.1 Å². The lowest BCUT2D eigenvalue weighted by Gasteiger charge is -2.31. The lowest BCUT2D eigenvalue weighted by atomic mass is 9.88. The van der Waals surface area contributed by atoms with Crippen LogP contribution in [0.5, 0.6) is 0 Å². The molecule has 0 unspecified atom stereocenters.